The molecule has 4 nitrogen and oxygen atoms in total. The Morgan fingerprint density at radius 1 is 1.42 bits per heavy atom. The molecule has 0 unspecified atom stereocenters. The molecule has 0 aliphatic heterocycles. The highest BCUT2D eigenvalue weighted by Crippen LogP contribution is 2.11. The Bertz CT molecular complexity index is 309. The monoisotopic (exact) mass is 167 g/mol. The normalized spacial score (nSPS) is 9.75. The third-order valence-electron chi connectivity index (χ3n) is 1.44. The molecule has 1 aromatic carbocycles. The van der Waals surface area contributed by atoms with E-state index in [2.05, 4.69) is 0 Å². The lowest BCUT2D eigenvalue weighted by molar-refractivity contribution is 0.0696. The van der Waals surface area contributed by atoms with Crippen molar-refractivity contribution >= 4 is 11.7 Å². The van der Waals surface area contributed by atoms with Crippen LogP contribution < -0.4 is 5.73 Å². The Balaban J connectivity index is 3.15. The van der Waals surface area contributed by atoms with Gasteiger partial charge in [0, 0.05) is 5.69 Å². The summed E-state index contributed by atoms with van der Waals surface area (Å²) >= 11 is 0. The van der Waals surface area contributed by atoms with Crippen molar-refractivity contribution in [2.45, 2.75) is 6.61 Å². The van der Waals surface area contributed by atoms with Crippen molar-refractivity contribution in [3.63, 3.8) is 0 Å². The number of aliphatic hydroxyl groups excluding tert-OH is 1. The molecular formula is C8H9NO3. The van der Waals surface area contributed by atoms with Gasteiger partial charge in [-0.2, -0.15) is 0 Å². The van der Waals surface area contributed by atoms with Crippen LogP contribution in [0.5, 0.6) is 0 Å². The topological polar surface area (TPSA) is 83.5 Å². The van der Waals surface area contributed by atoms with E-state index in [1.807, 2.05) is 0 Å². The number of aliphatic hydroxyl groups is 1. The van der Waals surface area contributed by atoms with Crippen molar-refractivity contribution in [2.24, 2.45) is 0 Å². The number of rotatable bonds is 2. The zero-order valence-corrected chi connectivity index (χ0v) is 6.32. The van der Waals surface area contributed by atoms with Gasteiger partial charge in [-0.25, -0.2) is 4.79 Å². The van der Waals surface area contributed by atoms with Crippen molar-refractivity contribution in [1.29, 1.82) is 0 Å². The average molecular weight is 167 g/mol. The van der Waals surface area contributed by atoms with Gasteiger partial charge < -0.3 is 15.9 Å². The summed E-state index contributed by atoms with van der Waals surface area (Å²) in [6, 6.07) is 4.27. The first-order valence-corrected chi connectivity index (χ1v) is 3.37. The molecule has 12 heavy (non-hydrogen) atoms. The van der Waals surface area contributed by atoms with E-state index in [-0.39, 0.29) is 12.2 Å². The summed E-state index contributed by atoms with van der Waals surface area (Å²) in [4.78, 5) is 10.5. The van der Waals surface area contributed by atoms with E-state index in [4.69, 9.17) is 15.9 Å². The molecule has 0 spiro atoms. The van der Waals surface area contributed by atoms with E-state index < -0.39 is 5.97 Å². The summed E-state index contributed by atoms with van der Waals surface area (Å²) in [6.07, 6.45) is 0. The molecule has 4 N–H and O–H groups in total. The van der Waals surface area contributed by atoms with E-state index in [0.29, 0.717) is 11.3 Å². The molecule has 0 fully saturated rings. The Labute approximate surface area is 69.3 Å². The molecule has 0 saturated heterocycles. The first-order chi connectivity index (χ1) is 5.63. The van der Waals surface area contributed by atoms with Gasteiger partial charge in [-0.05, 0) is 23.8 Å². The third kappa shape index (κ3) is 1.73. The van der Waals surface area contributed by atoms with Gasteiger partial charge in [-0.1, -0.05) is 0 Å². The minimum atomic E-state index is -1.04. The van der Waals surface area contributed by atoms with E-state index >= 15 is 0 Å². The van der Waals surface area contributed by atoms with Crippen LogP contribution in [0.2, 0.25) is 0 Å². The van der Waals surface area contributed by atoms with Crippen LogP contribution in [0.3, 0.4) is 0 Å². The summed E-state index contributed by atoms with van der Waals surface area (Å²) in [5, 5.41) is 17.3. The fraction of sp³-hybridized carbons (Fsp3) is 0.125. The molecule has 0 atom stereocenters. The van der Waals surface area contributed by atoms with Gasteiger partial charge in [0.2, 0.25) is 0 Å². The molecule has 0 aromatic heterocycles. The van der Waals surface area contributed by atoms with Gasteiger partial charge in [0.25, 0.3) is 0 Å². The van der Waals surface area contributed by atoms with Gasteiger partial charge in [-0.3, -0.25) is 0 Å². The Morgan fingerprint density at radius 2 is 2.08 bits per heavy atom. The molecule has 0 aliphatic rings. The van der Waals surface area contributed by atoms with Gasteiger partial charge in [0.1, 0.15) is 0 Å². The predicted molar refractivity (Wildman–Crippen MR) is 43.7 cm³/mol. The van der Waals surface area contributed by atoms with Gasteiger partial charge in [0.15, 0.2) is 0 Å². The van der Waals surface area contributed by atoms with Gasteiger partial charge in [0.05, 0.1) is 12.2 Å². The quantitative estimate of drug-likeness (QED) is 0.559. The van der Waals surface area contributed by atoms with E-state index in [9.17, 15) is 4.79 Å². The minimum Gasteiger partial charge on any atom is -0.478 e. The number of carbonyl (C=O) groups is 1. The Morgan fingerprint density at radius 3 is 2.58 bits per heavy atom. The fourth-order valence-corrected chi connectivity index (χ4v) is 0.933. The summed E-state index contributed by atoms with van der Waals surface area (Å²) in [7, 11) is 0. The molecular weight excluding hydrogens is 158 g/mol. The number of nitrogen functional groups attached to an aromatic ring is 1. The molecule has 0 heterocycles. The lowest BCUT2D eigenvalue weighted by Gasteiger charge is -2.00. The van der Waals surface area contributed by atoms with Crippen LogP contribution in [0, 0.1) is 0 Å². The Hall–Kier alpha value is -1.55. The minimum absolute atomic E-state index is 0.0963. The van der Waals surface area contributed by atoms with Crippen molar-refractivity contribution in [1.82, 2.24) is 0 Å². The highest BCUT2D eigenvalue weighted by molar-refractivity contribution is 5.88. The van der Waals surface area contributed by atoms with Crippen molar-refractivity contribution < 1.29 is 15.0 Å². The van der Waals surface area contributed by atoms with Crippen molar-refractivity contribution in [3.8, 4) is 0 Å². The molecule has 0 amide bonds. The molecule has 0 bridgehead atoms. The third-order valence-corrected chi connectivity index (χ3v) is 1.44. The summed E-state index contributed by atoms with van der Waals surface area (Å²) in [5.74, 6) is -1.04. The zero-order chi connectivity index (χ0) is 9.14. The fourth-order valence-electron chi connectivity index (χ4n) is 0.933. The number of nitrogens with two attached hydrogens (primary N) is 1. The molecule has 0 radical (unpaired) electrons. The van der Waals surface area contributed by atoms with Crippen molar-refractivity contribution in [3.05, 3.63) is 29.3 Å². The molecule has 0 saturated carbocycles. The van der Waals surface area contributed by atoms with Crippen LogP contribution in [-0.2, 0) is 6.61 Å². The highest BCUT2D eigenvalue weighted by atomic mass is 16.4. The lowest BCUT2D eigenvalue weighted by atomic mass is 10.1. The first kappa shape index (κ1) is 8.55. The molecule has 0 aliphatic carbocycles. The number of hydrogen-bond acceptors (Lipinski definition) is 3. The first-order valence-electron chi connectivity index (χ1n) is 3.37. The van der Waals surface area contributed by atoms with Crippen LogP contribution in [-0.4, -0.2) is 16.2 Å². The smallest absolute Gasteiger partial charge is 0.335 e. The molecule has 64 valence electrons. The van der Waals surface area contributed by atoms with Gasteiger partial charge in [-0.15, -0.1) is 0 Å². The maximum atomic E-state index is 10.5. The van der Waals surface area contributed by atoms with Crippen LogP contribution in [0.15, 0.2) is 18.2 Å². The highest BCUT2D eigenvalue weighted by Gasteiger charge is 2.04. The number of carboxylic acids is 1. The SMILES string of the molecule is Nc1cc(CO)cc(C(=O)O)c1. The second-order valence-electron chi connectivity index (χ2n) is 2.43. The lowest BCUT2D eigenvalue weighted by Crippen LogP contribution is -2.00. The largest absolute Gasteiger partial charge is 0.478 e. The van der Waals surface area contributed by atoms with E-state index in [1.54, 1.807) is 0 Å². The summed E-state index contributed by atoms with van der Waals surface area (Å²) < 4.78 is 0. The number of benzene rings is 1. The molecule has 1 aromatic rings. The van der Waals surface area contributed by atoms with Crippen LogP contribution in [0.4, 0.5) is 5.69 Å². The summed E-state index contributed by atoms with van der Waals surface area (Å²) in [5.41, 5.74) is 6.35. The number of anilines is 1. The number of hydrogen-bond donors (Lipinski definition) is 3. The molecule has 4 heteroatoms. The van der Waals surface area contributed by atoms with Crippen LogP contribution >= 0.6 is 0 Å². The van der Waals surface area contributed by atoms with Gasteiger partial charge >= 0.3 is 5.97 Å². The average Bonchev–Trinajstić information content (AvgIpc) is 2.03. The van der Waals surface area contributed by atoms with Crippen molar-refractivity contribution in [2.75, 3.05) is 5.73 Å². The molecule has 1 rings (SSSR count). The maximum absolute atomic E-state index is 10.5. The summed E-state index contributed by atoms with van der Waals surface area (Å²) in [6.45, 7) is -0.203. The predicted octanol–water partition coefficient (Wildman–Crippen LogP) is 0.459. The van der Waals surface area contributed by atoms with Crippen LogP contribution in [0.25, 0.3) is 0 Å². The standard InChI is InChI=1S/C8H9NO3/c9-7-2-5(4-10)1-6(3-7)8(11)12/h1-3,10H,4,9H2,(H,11,12). The second kappa shape index (κ2) is 3.23. The van der Waals surface area contributed by atoms with Crippen LogP contribution in [0.1, 0.15) is 15.9 Å². The van der Waals surface area contributed by atoms with E-state index in [0.717, 1.165) is 0 Å². The number of aromatic carboxylic acids is 1. The zero-order valence-electron chi connectivity index (χ0n) is 6.32. The van der Waals surface area contributed by atoms with E-state index in [1.165, 1.54) is 18.2 Å². The number of carboxylic acid groups (broad SMARTS) is 1. The maximum Gasteiger partial charge on any atom is 0.335 e. The second-order valence-corrected chi connectivity index (χ2v) is 2.43. The Kier molecular flexibility index (Phi) is 2.30.